The zero-order chi connectivity index (χ0) is 26.1. The van der Waals surface area contributed by atoms with Crippen LogP contribution in [0.1, 0.15) is 86.2 Å². The highest BCUT2D eigenvalue weighted by Gasteiger charge is 2.35. The van der Waals surface area contributed by atoms with Gasteiger partial charge in [-0.05, 0) is 49.3 Å². The van der Waals surface area contributed by atoms with Crippen LogP contribution in [0.2, 0.25) is 0 Å². The number of aromatic nitrogens is 1. The Morgan fingerprint density at radius 1 is 1.05 bits per heavy atom. The number of benzene rings is 2. The van der Waals surface area contributed by atoms with Crippen LogP contribution in [0.5, 0.6) is 0 Å². The summed E-state index contributed by atoms with van der Waals surface area (Å²) >= 11 is 0. The summed E-state index contributed by atoms with van der Waals surface area (Å²) < 4.78 is 5.62. The Balaban J connectivity index is 1.46. The molecular weight excluding hydrogens is 464 g/mol. The summed E-state index contributed by atoms with van der Waals surface area (Å²) in [5.74, 6) is 0.190. The van der Waals surface area contributed by atoms with Gasteiger partial charge in [-0.2, -0.15) is 0 Å². The van der Waals surface area contributed by atoms with Crippen LogP contribution in [-0.2, 0) is 16.6 Å². The lowest BCUT2D eigenvalue weighted by molar-refractivity contribution is -0.143. The molecule has 3 aromatic rings. The number of hydrogen-bond acceptors (Lipinski definition) is 4. The van der Waals surface area contributed by atoms with Crippen molar-refractivity contribution in [3.63, 3.8) is 0 Å². The number of nitrogens with one attached hydrogen (secondary N) is 1. The Morgan fingerprint density at radius 2 is 1.84 bits per heavy atom. The summed E-state index contributed by atoms with van der Waals surface area (Å²) in [7, 11) is 0. The maximum atomic E-state index is 13.2. The molecule has 6 nitrogen and oxygen atoms in total. The van der Waals surface area contributed by atoms with Gasteiger partial charge in [0.25, 0.3) is 5.91 Å². The number of rotatable bonds is 12. The van der Waals surface area contributed by atoms with Gasteiger partial charge in [-0.25, -0.2) is 4.98 Å². The number of aliphatic carboxylic acids is 1. The van der Waals surface area contributed by atoms with Crippen LogP contribution in [0.25, 0.3) is 11.5 Å². The maximum absolute atomic E-state index is 13.2. The van der Waals surface area contributed by atoms with Gasteiger partial charge in [-0.1, -0.05) is 87.4 Å². The monoisotopic (exact) mass is 502 g/mol. The second-order valence-corrected chi connectivity index (χ2v) is 10.4. The predicted octanol–water partition coefficient (Wildman–Crippen LogP) is 6.80. The Bertz CT molecular complexity index is 1150. The Morgan fingerprint density at radius 3 is 2.54 bits per heavy atom. The summed E-state index contributed by atoms with van der Waals surface area (Å²) in [6.07, 6.45) is 14.0. The third kappa shape index (κ3) is 6.68. The lowest BCUT2D eigenvalue weighted by Crippen LogP contribution is -2.33. The van der Waals surface area contributed by atoms with Crippen LogP contribution in [0.4, 0.5) is 0 Å². The van der Waals surface area contributed by atoms with Crippen LogP contribution in [0.15, 0.2) is 65.4 Å². The molecule has 1 fully saturated rings. The molecule has 6 heteroatoms. The van der Waals surface area contributed by atoms with E-state index in [0.29, 0.717) is 36.4 Å². The quantitative estimate of drug-likeness (QED) is 0.266. The SMILES string of the molecule is CC(CCc1cccc(C(=O)NCCCCC2CCCCC2)c1-c1ncco1)(C(=O)O)c1ccccc1. The molecule has 37 heavy (non-hydrogen) atoms. The fraction of sp³-hybridized carbons (Fsp3) is 0.452. The van der Waals surface area contributed by atoms with E-state index in [1.54, 1.807) is 19.2 Å². The largest absolute Gasteiger partial charge is 0.481 e. The molecular formula is C31H38N2O4. The number of carbonyl (C=O) groups excluding carboxylic acids is 1. The minimum atomic E-state index is -1.06. The fourth-order valence-corrected chi connectivity index (χ4v) is 5.49. The third-order valence-electron chi connectivity index (χ3n) is 7.87. The van der Waals surface area contributed by atoms with Gasteiger partial charge in [0.15, 0.2) is 0 Å². The molecule has 1 aliphatic rings. The first-order valence-electron chi connectivity index (χ1n) is 13.6. The molecule has 0 bridgehead atoms. The lowest BCUT2D eigenvalue weighted by atomic mass is 9.77. The van der Waals surface area contributed by atoms with Gasteiger partial charge in [0, 0.05) is 6.54 Å². The van der Waals surface area contributed by atoms with Crippen LogP contribution in [-0.4, -0.2) is 28.5 Å². The Hall–Kier alpha value is -3.41. The zero-order valence-electron chi connectivity index (χ0n) is 21.7. The average Bonchev–Trinajstić information content (AvgIpc) is 3.47. The van der Waals surface area contributed by atoms with Crippen molar-refractivity contribution in [2.75, 3.05) is 6.54 Å². The highest BCUT2D eigenvalue weighted by molar-refractivity contribution is 6.00. The normalized spacial score (nSPS) is 15.7. The number of amides is 1. The molecule has 2 N–H and O–H groups in total. The molecule has 2 aromatic carbocycles. The third-order valence-corrected chi connectivity index (χ3v) is 7.87. The van der Waals surface area contributed by atoms with Crippen molar-refractivity contribution < 1.29 is 19.1 Å². The highest BCUT2D eigenvalue weighted by atomic mass is 16.4. The van der Waals surface area contributed by atoms with Gasteiger partial charge in [0.05, 0.1) is 22.7 Å². The molecule has 0 aliphatic heterocycles. The van der Waals surface area contributed by atoms with E-state index >= 15 is 0 Å². The molecule has 1 aromatic heterocycles. The van der Waals surface area contributed by atoms with E-state index in [0.717, 1.165) is 29.9 Å². The molecule has 1 atom stereocenters. The molecule has 1 heterocycles. The first-order chi connectivity index (χ1) is 18.0. The van der Waals surface area contributed by atoms with Crippen LogP contribution >= 0.6 is 0 Å². The Labute approximate surface area is 219 Å². The minimum absolute atomic E-state index is 0.156. The number of hydrogen-bond donors (Lipinski definition) is 2. The van der Waals surface area contributed by atoms with Crippen molar-refractivity contribution >= 4 is 11.9 Å². The molecule has 1 unspecified atom stereocenters. The van der Waals surface area contributed by atoms with E-state index < -0.39 is 11.4 Å². The van der Waals surface area contributed by atoms with E-state index in [1.807, 2.05) is 42.5 Å². The van der Waals surface area contributed by atoms with Gasteiger partial charge >= 0.3 is 5.97 Å². The van der Waals surface area contributed by atoms with Gasteiger partial charge in [0.1, 0.15) is 6.26 Å². The second kappa shape index (κ2) is 12.7. The molecule has 0 radical (unpaired) electrons. The molecule has 1 aliphatic carbocycles. The number of oxazole rings is 1. The number of carboxylic acids is 1. The van der Waals surface area contributed by atoms with Crippen LogP contribution in [0.3, 0.4) is 0 Å². The summed E-state index contributed by atoms with van der Waals surface area (Å²) in [6.45, 7) is 2.38. The average molecular weight is 503 g/mol. The van der Waals surface area contributed by atoms with Crippen molar-refractivity contribution in [1.29, 1.82) is 0 Å². The van der Waals surface area contributed by atoms with E-state index in [2.05, 4.69) is 10.3 Å². The minimum Gasteiger partial charge on any atom is -0.481 e. The van der Waals surface area contributed by atoms with Gasteiger partial charge in [0.2, 0.25) is 5.89 Å². The molecule has 196 valence electrons. The van der Waals surface area contributed by atoms with E-state index in [-0.39, 0.29) is 5.91 Å². The lowest BCUT2D eigenvalue weighted by Gasteiger charge is -2.26. The van der Waals surface area contributed by atoms with E-state index in [1.165, 1.54) is 44.8 Å². The summed E-state index contributed by atoms with van der Waals surface area (Å²) in [5, 5.41) is 13.2. The summed E-state index contributed by atoms with van der Waals surface area (Å²) in [4.78, 5) is 29.9. The standard InChI is InChI=1S/C31H38N2O4/c1-31(30(35)36,25-15-6-3-7-16-25)19-18-24-14-10-17-26(27(24)29-33-21-22-37-29)28(34)32-20-9-8-13-23-11-4-2-5-12-23/h3,6-7,10,14-17,21-23H,2,4-5,8-9,11-13,18-20H2,1H3,(H,32,34)(H,35,36). The number of unbranched alkanes of at least 4 members (excludes halogenated alkanes) is 1. The number of aryl methyl sites for hydroxylation is 1. The van der Waals surface area contributed by atoms with Crippen molar-refractivity contribution in [2.45, 2.75) is 76.5 Å². The highest BCUT2D eigenvalue weighted by Crippen LogP contribution is 2.34. The zero-order valence-corrected chi connectivity index (χ0v) is 21.7. The van der Waals surface area contributed by atoms with Crippen LogP contribution < -0.4 is 5.32 Å². The molecule has 4 rings (SSSR count). The van der Waals surface area contributed by atoms with Crippen molar-refractivity contribution in [3.05, 3.63) is 77.7 Å². The molecule has 1 amide bonds. The smallest absolute Gasteiger partial charge is 0.313 e. The summed E-state index contributed by atoms with van der Waals surface area (Å²) in [5.41, 5.74) is 1.67. The van der Waals surface area contributed by atoms with Crippen LogP contribution in [0, 0.1) is 5.92 Å². The van der Waals surface area contributed by atoms with Crippen molar-refractivity contribution in [2.24, 2.45) is 5.92 Å². The Kier molecular flexibility index (Phi) is 9.15. The van der Waals surface area contributed by atoms with E-state index in [4.69, 9.17) is 4.42 Å². The van der Waals surface area contributed by atoms with Gasteiger partial charge < -0.3 is 14.8 Å². The fourth-order valence-electron chi connectivity index (χ4n) is 5.49. The molecule has 1 saturated carbocycles. The van der Waals surface area contributed by atoms with Gasteiger partial charge in [-0.3, -0.25) is 9.59 Å². The second-order valence-electron chi connectivity index (χ2n) is 10.4. The first-order valence-corrected chi connectivity index (χ1v) is 13.6. The number of carboxylic acid groups (broad SMARTS) is 1. The van der Waals surface area contributed by atoms with Crippen molar-refractivity contribution in [1.82, 2.24) is 10.3 Å². The molecule has 0 saturated heterocycles. The van der Waals surface area contributed by atoms with E-state index in [9.17, 15) is 14.7 Å². The number of carbonyl (C=O) groups is 2. The topological polar surface area (TPSA) is 92.4 Å². The number of nitrogens with zero attached hydrogens (tertiary/aromatic N) is 1. The van der Waals surface area contributed by atoms with Gasteiger partial charge in [-0.15, -0.1) is 0 Å². The maximum Gasteiger partial charge on any atom is 0.313 e. The molecule has 0 spiro atoms. The predicted molar refractivity (Wildman–Crippen MR) is 144 cm³/mol. The van der Waals surface area contributed by atoms with Crippen molar-refractivity contribution in [3.8, 4) is 11.5 Å². The summed E-state index contributed by atoms with van der Waals surface area (Å²) in [6, 6.07) is 14.8. The first kappa shape index (κ1) is 26.6.